The lowest BCUT2D eigenvalue weighted by atomic mass is 10.1. The number of nitrogens with one attached hydrogen (secondary N) is 2. The van der Waals surface area contributed by atoms with Crippen molar-refractivity contribution in [3.63, 3.8) is 0 Å². The molecule has 0 fully saturated rings. The molecule has 0 aliphatic carbocycles. The second-order valence-electron chi connectivity index (χ2n) is 7.18. The van der Waals surface area contributed by atoms with Crippen molar-refractivity contribution in [3.05, 3.63) is 64.4 Å². The molecular weight excluding hydrogens is 464 g/mol. The Bertz CT molecular complexity index is 1090. The van der Waals surface area contributed by atoms with Crippen LogP contribution in [0.5, 0.6) is 11.6 Å². The zero-order valence-electron chi connectivity index (χ0n) is 17.3. The Morgan fingerprint density at radius 3 is 2.71 bits per heavy atom. The number of aliphatic hydroxyl groups is 1. The van der Waals surface area contributed by atoms with Crippen LogP contribution in [0.2, 0.25) is 0 Å². The van der Waals surface area contributed by atoms with Crippen molar-refractivity contribution in [2.24, 2.45) is 0 Å². The lowest BCUT2D eigenvalue weighted by molar-refractivity contribution is 0.0827. The molecule has 0 radical (unpaired) electrons. The predicted molar refractivity (Wildman–Crippen MR) is 120 cm³/mol. The fraction of sp³-hybridized carbons (Fsp3) is 0.227. The van der Waals surface area contributed by atoms with E-state index in [9.17, 15) is 14.7 Å². The van der Waals surface area contributed by atoms with Gasteiger partial charge in [0.15, 0.2) is 0 Å². The van der Waals surface area contributed by atoms with Gasteiger partial charge in [-0.15, -0.1) is 0 Å². The summed E-state index contributed by atoms with van der Waals surface area (Å²) in [7, 11) is 3.34. The maximum absolute atomic E-state index is 12.6. The van der Waals surface area contributed by atoms with Gasteiger partial charge in [-0.2, -0.15) is 0 Å². The van der Waals surface area contributed by atoms with Crippen molar-refractivity contribution in [2.75, 3.05) is 20.6 Å². The summed E-state index contributed by atoms with van der Waals surface area (Å²) < 4.78 is 6.59. The van der Waals surface area contributed by atoms with Gasteiger partial charge >= 0.3 is 0 Å². The Balaban J connectivity index is 1.96. The first-order chi connectivity index (χ1) is 14.7. The number of halogens is 1. The number of ether oxygens (including phenoxy) is 1. The van der Waals surface area contributed by atoms with Crippen molar-refractivity contribution in [1.82, 2.24) is 20.2 Å². The third-order valence-electron chi connectivity index (χ3n) is 4.30. The number of aromatic amines is 1. The Kier molecular flexibility index (Phi) is 7.09. The van der Waals surface area contributed by atoms with E-state index in [2.05, 4.69) is 31.2 Å². The number of aliphatic hydroxyl groups excluding tert-OH is 1. The van der Waals surface area contributed by atoms with Gasteiger partial charge < -0.3 is 25.0 Å². The second kappa shape index (κ2) is 9.76. The monoisotopic (exact) mass is 486 g/mol. The Hall–Kier alpha value is -3.17. The average Bonchev–Trinajstić information content (AvgIpc) is 3.23. The maximum Gasteiger partial charge on any atom is 0.267 e. The minimum Gasteiger partial charge on any atom is -0.438 e. The van der Waals surface area contributed by atoms with Crippen LogP contribution in [0.4, 0.5) is 0 Å². The van der Waals surface area contributed by atoms with Crippen molar-refractivity contribution in [1.29, 1.82) is 0 Å². The van der Waals surface area contributed by atoms with Crippen LogP contribution in [0, 0.1) is 0 Å². The first kappa shape index (κ1) is 22.5. The molecule has 3 N–H and O–H groups in total. The van der Waals surface area contributed by atoms with Gasteiger partial charge in [0.2, 0.25) is 5.88 Å². The molecule has 0 unspecified atom stereocenters. The lowest BCUT2D eigenvalue weighted by Crippen LogP contribution is -2.30. The van der Waals surface area contributed by atoms with Crippen molar-refractivity contribution >= 4 is 27.7 Å². The molecule has 1 aromatic carbocycles. The van der Waals surface area contributed by atoms with Gasteiger partial charge in [0.1, 0.15) is 11.4 Å². The smallest absolute Gasteiger partial charge is 0.267 e. The summed E-state index contributed by atoms with van der Waals surface area (Å²) in [6.45, 7) is 1.74. The Labute approximate surface area is 188 Å². The van der Waals surface area contributed by atoms with E-state index in [1.165, 1.54) is 4.90 Å². The van der Waals surface area contributed by atoms with Crippen LogP contribution < -0.4 is 10.1 Å². The van der Waals surface area contributed by atoms with Gasteiger partial charge in [0.25, 0.3) is 11.8 Å². The number of nitrogens with zero attached hydrogens (tertiary/aromatic N) is 2. The molecular formula is C22H23BrN4O4. The summed E-state index contributed by atoms with van der Waals surface area (Å²) >= 11 is 3.40. The highest BCUT2D eigenvalue weighted by Gasteiger charge is 2.16. The molecule has 3 rings (SSSR count). The molecule has 0 saturated carbocycles. The standard InChI is InChI=1S/C22H23BrN4O4/c1-13(28)12-25-20(29)19-7-6-18(26-19)14-9-15(22(30)27(2)3)11-16(10-14)31-21-17(23)5-4-8-24-21/h4-11,13,26,28H,12H2,1-3H3,(H,25,29)/t13-/m1/s1. The van der Waals surface area contributed by atoms with E-state index in [-0.39, 0.29) is 18.4 Å². The van der Waals surface area contributed by atoms with E-state index in [0.29, 0.717) is 38.6 Å². The molecule has 0 spiro atoms. The summed E-state index contributed by atoms with van der Waals surface area (Å²) in [5, 5.41) is 12.0. The first-order valence-corrected chi connectivity index (χ1v) is 10.3. The minimum absolute atomic E-state index is 0.150. The van der Waals surface area contributed by atoms with E-state index in [1.54, 1.807) is 69.7 Å². The van der Waals surface area contributed by atoms with Gasteiger partial charge in [-0.1, -0.05) is 0 Å². The number of hydrogen-bond acceptors (Lipinski definition) is 5. The molecule has 31 heavy (non-hydrogen) atoms. The van der Waals surface area contributed by atoms with Crippen molar-refractivity contribution in [3.8, 4) is 22.9 Å². The number of H-pyrrole nitrogens is 1. The van der Waals surface area contributed by atoms with E-state index in [0.717, 1.165) is 0 Å². The van der Waals surface area contributed by atoms with Crippen LogP contribution in [0.3, 0.4) is 0 Å². The third-order valence-corrected chi connectivity index (χ3v) is 4.90. The first-order valence-electron chi connectivity index (χ1n) is 9.55. The number of rotatable bonds is 7. The molecule has 0 saturated heterocycles. The fourth-order valence-corrected chi connectivity index (χ4v) is 3.12. The number of amides is 2. The predicted octanol–water partition coefficient (Wildman–Crippen LogP) is 3.44. The normalized spacial score (nSPS) is 11.6. The molecule has 1 atom stereocenters. The fourth-order valence-electron chi connectivity index (χ4n) is 2.78. The average molecular weight is 487 g/mol. The van der Waals surface area contributed by atoms with Gasteiger partial charge in [-0.3, -0.25) is 9.59 Å². The van der Waals surface area contributed by atoms with Crippen LogP contribution >= 0.6 is 15.9 Å². The van der Waals surface area contributed by atoms with E-state index >= 15 is 0 Å². The molecule has 0 bridgehead atoms. The van der Waals surface area contributed by atoms with E-state index in [4.69, 9.17) is 4.74 Å². The Morgan fingerprint density at radius 1 is 1.26 bits per heavy atom. The highest BCUT2D eigenvalue weighted by molar-refractivity contribution is 9.10. The number of hydrogen-bond donors (Lipinski definition) is 3. The van der Waals surface area contributed by atoms with Gasteiger partial charge in [-0.25, -0.2) is 4.98 Å². The van der Waals surface area contributed by atoms with E-state index < -0.39 is 6.10 Å². The van der Waals surface area contributed by atoms with Gasteiger partial charge in [0.05, 0.1) is 10.6 Å². The number of aromatic nitrogens is 2. The topological polar surface area (TPSA) is 108 Å². The SMILES string of the molecule is C[C@@H](O)CNC(=O)c1ccc(-c2cc(Oc3ncccc3Br)cc(C(=O)N(C)C)c2)[nH]1. The summed E-state index contributed by atoms with van der Waals surface area (Å²) in [5.41, 5.74) is 2.08. The van der Waals surface area contributed by atoms with Crippen LogP contribution in [0.15, 0.2) is 53.1 Å². The summed E-state index contributed by atoms with van der Waals surface area (Å²) in [6.07, 6.45) is 0.969. The van der Waals surface area contributed by atoms with Gasteiger partial charge in [0, 0.05) is 43.7 Å². The molecule has 9 heteroatoms. The summed E-state index contributed by atoms with van der Waals surface area (Å²) in [6, 6.07) is 12.1. The molecule has 8 nitrogen and oxygen atoms in total. The molecule has 2 amide bonds. The van der Waals surface area contributed by atoms with Crippen LogP contribution in [-0.2, 0) is 0 Å². The van der Waals surface area contributed by atoms with Crippen LogP contribution in [-0.4, -0.2) is 58.5 Å². The number of carbonyl (C=O) groups excluding carboxylic acids is 2. The largest absolute Gasteiger partial charge is 0.438 e. The number of carbonyl (C=O) groups is 2. The highest BCUT2D eigenvalue weighted by Crippen LogP contribution is 2.31. The second-order valence-corrected chi connectivity index (χ2v) is 8.04. The Morgan fingerprint density at radius 2 is 2.03 bits per heavy atom. The zero-order valence-corrected chi connectivity index (χ0v) is 18.9. The number of benzene rings is 1. The molecule has 0 aliphatic heterocycles. The van der Waals surface area contributed by atoms with Crippen molar-refractivity contribution in [2.45, 2.75) is 13.0 Å². The van der Waals surface area contributed by atoms with Crippen LogP contribution in [0.25, 0.3) is 11.3 Å². The maximum atomic E-state index is 12.6. The van der Waals surface area contributed by atoms with E-state index in [1.807, 2.05) is 0 Å². The summed E-state index contributed by atoms with van der Waals surface area (Å²) in [4.78, 5) is 33.6. The number of pyridine rings is 1. The van der Waals surface area contributed by atoms with Gasteiger partial charge in [-0.05, 0) is 65.3 Å². The van der Waals surface area contributed by atoms with Crippen LogP contribution in [0.1, 0.15) is 27.8 Å². The van der Waals surface area contributed by atoms with Crippen molar-refractivity contribution < 1.29 is 19.4 Å². The molecule has 3 aromatic rings. The molecule has 162 valence electrons. The summed E-state index contributed by atoms with van der Waals surface area (Å²) in [5.74, 6) is 0.277. The molecule has 2 aromatic heterocycles. The molecule has 0 aliphatic rings. The zero-order chi connectivity index (χ0) is 22.5. The quantitative estimate of drug-likeness (QED) is 0.473. The lowest BCUT2D eigenvalue weighted by Gasteiger charge is -2.14. The highest BCUT2D eigenvalue weighted by atomic mass is 79.9. The molecule has 2 heterocycles. The minimum atomic E-state index is -0.641. The third kappa shape index (κ3) is 5.71.